The van der Waals surface area contributed by atoms with E-state index in [0.717, 1.165) is 0 Å². The molecule has 1 aromatic carbocycles. The molecule has 2 rings (SSSR count). The Kier molecular flexibility index (Phi) is 4.85. The molecule has 2 aromatic rings. The summed E-state index contributed by atoms with van der Waals surface area (Å²) < 4.78 is 38.0. The number of nitrogens with two attached hydrogens (primary N) is 1. The molecular weight excluding hydrogens is 280 g/mol. The lowest BCUT2D eigenvalue weighted by Crippen LogP contribution is -2.18. The predicted molar refractivity (Wildman–Crippen MR) is 71.7 cm³/mol. The van der Waals surface area contributed by atoms with Crippen LogP contribution in [0.4, 0.5) is 8.78 Å². The molecule has 1 heterocycles. The average Bonchev–Trinajstić information content (AvgIpc) is 2.85. The summed E-state index contributed by atoms with van der Waals surface area (Å²) >= 11 is 0. The van der Waals surface area contributed by atoms with Crippen LogP contribution in [0.25, 0.3) is 0 Å². The van der Waals surface area contributed by atoms with Gasteiger partial charge in [-0.3, -0.25) is 0 Å². The predicted octanol–water partition coefficient (Wildman–Crippen LogP) is 2.38. The molecule has 0 aliphatic carbocycles. The van der Waals surface area contributed by atoms with Gasteiger partial charge in [-0.05, 0) is 31.0 Å². The molecule has 0 aliphatic heterocycles. The Labute approximate surface area is 121 Å². The fraction of sp³-hybridized carbons (Fsp3) is 0.429. The van der Waals surface area contributed by atoms with Gasteiger partial charge in [-0.25, -0.2) is 8.78 Å². The van der Waals surface area contributed by atoms with E-state index in [-0.39, 0.29) is 18.5 Å². The smallest absolute Gasteiger partial charge is 0.253 e. The van der Waals surface area contributed by atoms with Gasteiger partial charge in [0.15, 0.2) is 24.0 Å². The second-order valence-corrected chi connectivity index (χ2v) is 4.80. The van der Waals surface area contributed by atoms with Gasteiger partial charge in [0.25, 0.3) is 5.89 Å². The SMILES string of the molecule is CCc1nnc(COc2c(F)cc(CC(C)N)cc2F)o1. The van der Waals surface area contributed by atoms with E-state index in [2.05, 4.69) is 10.2 Å². The summed E-state index contributed by atoms with van der Waals surface area (Å²) in [5, 5.41) is 7.46. The summed E-state index contributed by atoms with van der Waals surface area (Å²) in [6.07, 6.45) is 0.972. The lowest BCUT2D eigenvalue weighted by atomic mass is 10.1. The van der Waals surface area contributed by atoms with E-state index in [1.807, 2.05) is 6.92 Å². The molecule has 114 valence electrons. The van der Waals surface area contributed by atoms with Crippen molar-refractivity contribution in [2.45, 2.75) is 39.3 Å². The van der Waals surface area contributed by atoms with Crippen molar-refractivity contribution < 1.29 is 17.9 Å². The van der Waals surface area contributed by atoms with Crippen LogP contribution < -0.4 is 10.5 Å². The van der Waals surface area contributed by atoms with Crippen molar-refractivity contribution in [3.8, 4) is 5.75 Å². The minimum atomic E-state index is -0.777. The van der Waals surface area contributed by atoms with Gasteiger partial charge in [0.05, 0.1) is 0 Å². The molecule has 0 amide bonds. The van der Waals surface area contributed by atoms with Crippen molar-refractivity contribution in [2.75, 3.05) is 0 Å². The maximum absolute atomic E-state index is 13.9. The Hall–Kier alpha value is -2.02. The first-order chi connectivity index (χ1) is 9.99. The van der Waals surface area contributed by atoms with Crippen molar-refractivity contribution in [1.82, 2.24) is 10.2 Å². The summed E-state index contributed by atoms with van der Waals surface area (Å²) in [4.78, 5) is 0. The first-order valence-electron chi connectivity index (χ1n) is 6.67. The van der Waals surface area contributed by atoms with E-state index in [1.54, 1.807) is 6.92 Å². The van der Waals surface area contributed by atoms with Crippen LogP contribution in [0, 0.1) is 11.6 Å². The number of benzene rings is 1. The Morgan fingerprint density at radius 3 is 2.38 bits per heavy atom. The van der Waals surface area contributed by atoms with E-state index in [9.17, 15) is 8.78 Å². The summed E-state index contributed by atoms with van der Waals surface area (Å²) in [5.74, 6) is -1.39. The molecule has 0 bridgehead atoms. The van der Waals surface area contributed by atoms with Crippen LogP contribution in [0.15, 0.2) is 16.5 Å². The molecular formula is C14H17F2N3O2. The zero-order chi connectivity index (χ0) is 15.4. The zero-order valence-electron chi connectivity index (χ0n) is 11.9. The number of rotatable bonds is 6. The van der Waals surface area contributed by atoms with Gasteiger partial charge in [-0.15, -0.1) is 10.2 Å². The first-order valence-corrected chi connectivity index (χ1v) is 6.67. The highest BCUT2D eigenvalue weighted by atomic mass is 19.1. The normalized spacial score (nSPS) is 12.4. The van der Waals surface area contributed by atoms with Gasteiger partial charge in [-0.1, -0.05) is 6.92 Å². The fourth-order valence-electron chi connectivity index (χ4n) is 1.86. The standard InChI is InChI=1S/C14H17F2N3O2/c1-3-12-18-19-13(21-12)7-20-14-10(15)5-9(4-8(2)17)6-11(14)16/h5-6,8H,3-4,7,17H2,1-2H3. The second-order valence-electron chi connectivity index (χ2n) is 4.80. The molecule has 0 aliphatic rings. The van der Waals surface area contributed by atoms with Crippen LogP contribution in [0.3, 0.4) is 0 Å². The molecule has 5 nitrogen and oxygen atoms in total. The lowest BCUT2D eigenvalue weighted by Gasteiger charge is -2.10. The third kappa shape index (κ3) is 3.98. The first kappa shape index (κ1) is 15.4. The van der Waals surface area contributed by atoms with Crippen LogP contribution >= 0.6 is 0 Å². The van der Waals surface area contributed by atoms with Crippen molar-refractivity contribution in [2.24, 2.45) is 5.73 Å². The highest BCUT2D eigenvalue weighted by Gasteiger charge is 2.15. The van der Waals surface area contributed by atoms with Gasteiger partial charge in [0.1, 0.15) is 0 Å². The quantitative estimate of drug-likeness (QED) is 0.886. The van der Waals surface area contributed by atoms with Crippen molar-refractivity contribution in [3.63, 3.8) is 0 Å². The van der Waals surface area contributed by atoms with E-state index >= 15 is 0 Å². The Bertz CT molecular complexity index is 591. The number of aryl methyl sites for hydroxylation is 1. The highest BCUT2D eigenvalue weighted by molar-refractivity contribution is 5.31. The summed E-state index contributed by atoms with van der Waals surface area (Å²) in [7, 11) is 0. The Balaban J connectivity index is 2.09. The lowest BCUT2D eigenvalue weighted by molar-refractivity contribution is 0.237. The van der Waals surface area contributed by atoms with Crippen LogP contribution in [0.1, 0.15) is 31.2 Å². The van der Waals surface area contributed by atoms with E-state index < -0.39 is 17.4 Å². The summed E-state index contributed by atoms with van der Waals surface area (Å²) in [6, 6.07) is 2.25. The average molecular weight is 297 g/mol. The monoisotopic (exact) mass is 297 g/mol. The molecule has 1 atom stereocenters. The number of nitrogens with zero attached hydrogens (tertiary/aromatic N) is 2. The molecule has 2 N–H and O–H groups in total. The largest absolute Gasteiger partial charge is 0.478 e. The third-order valence-electron chi connectivity index (χ3n) is 2.77. The van der Waals surface area contributed by atoms with Crippen molar-refractivity contribution in [3.05, 3.63) is 41.1 Å². The number of ether oxygens (including phenoxy) is 1. The molecule has 0 fully saturated rings. The van der Waals surface area contributed by atoms with Crippen molar-refractivity contribution >= 4 is 0 Å². The van der Waals surface area contributed by atoms with E-state index in [4.69, 9.17) is 14.9 Å². The summed E-state index contributed by atoms with van der Waals surface area (Å²) in [5.41, 5.74) is 6.09. The van der Waals surface area contributed by atoms with E-state index in [1.165, 1.54) is 12.1 Å². The molecule has 1 aromatic heterocycles. The maximum atomic E-state index is 13.9. The number of hydrogen-bond acceptors (Lipinski definition) is 5. The minimum Gasteiger partial charge on any atom is -0.478 e. The maximum Gasteiger partial charge on any atom is 0.253 e. The van der Waals surface area contributed by atoms with Gasteiger partial charge in [0.2, 0.25) is 5.89 Å². The molecule has 0 radical (unpaired) electrons. The Morgan fingerprint density at radius 2 is 1.86 bits per heavy atom. The molecule has 0 saturated heterocycles. The number of aromatic nitrogens is 2. The topological polar surface area (TPSA) is 74.2 Å². The van der Waals surface area contributed by atoms with Crippen LogP contribution in [0.2, 0.25) is 0 Å². The molecule has 7 heteroatoms. The van der Waals surface area contributed by atoms with Gasteiger partial charge in [0, 0.05) is 12.5 Å². The number of halogens is 2. The molecule has 1 unspecified atom stereocenters. The van der Waals surface area contributed by atoms with E-state index in [0.29, 0.717) is 24.3 Å². The van der Waals surface area contributed by atoms with Crippen molar-refractivity contribution in [1.29, 1.82) is 0 Å². The highest BCUT2D eigenvalue weighted by Crippen LogP contribution is 2.24. The summed E-state index contributed by atoms with van der Waals surface area (Å²) in [6.45, 7) is 3.43. The Morgan fingerprint density at radius 1 is 1.24 bits per heavy atom. The molecule has 21 heavy (non-hydrogen) atoms. The van der Waals surface area contributed by atoms with Crippen LogP contribution in [-0.4, -0.2) is 16.2 Å². The van der Waals surface area contributed by atoms with Gasteiger partial charge in [-0.2, -0.15) is 0 Å². The number of hydrogen-bond donors (Lipinski definition) is 1. The third-order valence-corrected chi connectivity index (χ3v) is 2.77. The minimum absolute atomic E-state index is 0.172. The molecule has 0 spiro atoms. The van der Waals surface area contributed by atoms with Gasteiger partial charge >= 0.3 is 0 Å². The molecule has 0 saturated carbocycles. The van der Waals surface area contributed by atoms with Crippen LogP contribution in [0.5, 0.6) is 5.75 Å². The van der Waals surface area contributed by atoms with Gasteiger partial charge < -0.3 is 14.9 Å². The second kappa shape index (κ2) is 6.62. The zero-order valence-corrected chi connectivity index (χ0v) is 11.9. The fourth-order valence-corrected chi connectivity index (χ4v) is 1.86. The van der Waals surface area contributed by atoms with Crippen LogP contribution in [-0.2, 0) is 19.4 Å².